The Labute approximate surface area is 360 Å². The summed E-state index contributed by atoms with van der Waals surface area (Å²) in [4.78, 5) is 11.0. The highest BCUT2D eigenvalue weighted by Crippen LogP contribution is 2.47. The number of benzene rings is 10. The smallest absolute Gasteiger partial charge is 0.235 e. The van der Waals surface area contributed by atoms with Gasteiger partial charge in [0.1, 0.15) is 11.2 Å². The molecule has 0 aliphatic carbocycles. The molecule has 0 saturated carbocycles. The largest absolute Gasteiger partial charge is 0.456 e. The molecule has 63 heavy (non-hydrogen) atoms. The minimum atomic E-state index is 0.618. The summed E-state index contributed by atoms with van der Waals surface area (Å²) in [6, 6.07) is 73.6. The molecular weight excluding hydrogens is 769 g/mol. The Balaban J connectivity index is 1.13. The maximum atomic E-state index is 6.42. The zero-order valence-electron chi connectivity index (χ0n) is 33.8. The van der Waals surface area contributed by atoms with E-state index in [1.165, 1.54) is 48.8 Å². The topological polar surface area (TPSA) is 48.8 Å². The molecule has 0 aliphatic heterocycles. The van der Waals surface area contributed by atoms with Gasteiger partial charge in [0.25, 0.3) is 0 Å². The van der Waals surface area contributed by atoms with Crippen molar-refractivity contribution in [2.45, 2.75) is 0 Å². The fourth-order valence-corrected chi connectivity index (χ4v) is 10.4. The van der Waals surface area contributed by atoms with E-state index in [9.17, 15) is 0 Å². The van der Waals surface area contributed by atoms with E-state index in [1.54, 1.807) is 0 Å². The van der Waals surface area contributed by atoms with Crippen molar-refractivity contribution in [2.24, 2.45) is 0 Å². The number of rotatable bonds is 4. The summed E-state index contributed by atoms with van der Waals surface area (Å²) in [5.74, 6) is 0.618. The van der Waals surface area contributed by atoms with Crippen LogP contribution < -0.4 is 0 Å². The van der Waals surface area contributed by atoms with Gasteiger partial charge in [-0.15, -0.1) is 0 Å². The Morgan fingerprint density at radius 3 is 1.81 bits per heavy atom. The maximum Gasteiger partial charge on any atom is 0.235 e. The van der Waals surface area contributed by atoms with E-state index in [-0.39, 0.29) is 0 Å². The highest BCUT2D eigenvalue weighted by atomic mass is 16.3. The van der Waals surface area contributed by atoms with Crippen LogP contribution in [0.25, 0.3) is 132 Å². The predicted molar refractivity (Wildman–Crippen MR) is 261 cm³/mol. The first-order chi connectivity index (χ1) is 31.3. The molecule has 0 spiro atoms. The Morgan fingerprint density at radius 2 is 0.968 bits per heavy atom. The first kappa shape index (κ1) is 34.2. The molecule has 4 heterocycles. The highest BCUT2D eigenvalue weighted by Gasteiger charge is 2.26. The van der Waals surface area contributed by atoms with Crippen molar-refractivity contribution in [3.05, 3.63) is 206 Å². The zero-order chi connectivity index (χ0) is 41.2. The molecule has 4 aromatic heterocycles. The van der Waals surface area contributed by atoms with E-state index in [2.05, 4.69) is 203 Å². The van der Waals surface area contributed by atoms with Crippen LogP contribution in [0.4, 0.5) is 0 Å². The Kier molecular flexibility index (Phi) is 7.05. The van der Waals surface area contributed by atoms with Crippen molar-refractivity contribution in [3.63, 3.8) is 0 Å². The first-order valence-corrected chi connectivity index (χ1v) is 21.4. The molecule has 0 N–H and O–H groups in total. The van der Waals surface area contributed by atoms with E-state index in [1.807, 2.05) is 12.1 Å². The fraction of sp³-hybridized carbons (Fsp3) is 0. The summed E-state index contributed by atoms with van der Waals surface area (Å²) in [5, 5.41) is 12.7. The number of fused-ring (bicyclic) bond motifs is 16. The van der Waals surface area contributed by atoms with Gasteiger partial charge in [0.15, 0.2) is 0 Å². The van der Waals surface area contributed by atoms with Crippen LogP contribution in [0.15, 0.2) is 211 Å². The second kappa shape index (κ2) is 13.0. The van der Waals surface area contributed by atoms with Gasteiger partial charge in [-0.25, -0.2) is 9.97 Å². The molecule has 0 fully saturated rings. The Bertz CT molecular complexity index is 4210. The fourth-order valence-electron chi connectivity index (χ4n) is 10.4. The number of aromatic nitrogens is 4. The lowest BCUT2D eigenvalue weighted by molar-refractivity contribution is 0.669. The van der Waals surface area contributed by atoms with E-state index in [4.69, 9.17) is 14.4 Å². The van der Waals surface area contributed by atoms with Crippen LogP contribution in [0.5, 0.6) is 0 Å². The minimum Gasteiger partial charge on any atom is -0.456 e. The monoisotopic (exact) mass is 802 g/mol. The SMILES string of the molecule is c1ccc(-c2cccc(-n3c4ccccc4c4c5c6c7ccccc7c7ccccc7c6n(-c6nc(-c7ccc8c(c7)oc7ccccc78)c7ccccc7n6)c5ccc43)c2)cc1. The average molecular weight is 803 g/mol. The van der Waals surface area contributed by atoms with Crippen LogP contribution in [-0.2, 0) is 0 Å². The molecule has 5 heteroatoms. The summed E-state index contributed by atoms with van der Waals surface area (Å²) in [5.41, 5.74) is 12.3. The average Bonchev–Trinajstić information content (AvgIpc) is 4.02. The van der Waals surface area contributed by atoms with Crippen LogP contribution in [0, 0.1) is 0 Å². The zero-order valence-corrected chi connectivity index (χ0v) is 33.8. The molecule has 0 aliphatic rings. The van der Waals surface area contributed by atoms with Crippen LogP contribution in [0.2, 0.25) is 0 Å². The Morgan fingerprint density at radius 1 is 0.333 bits per heavy atom. The molecule has 0 unspecified atom stereocenters. The van der Waals surface area contributed by atoms with Crippen molar-refractivity contribution in [2.75, 3.05) is 0 Å². The normalized spacial score (nSPS) is 12.1. The van der Waals surface area contributed by atoms with E-state index >= 15 is 0 Å². The maximum absolute atomic E-state index is 6.42. The van der Waals surface area contributed by atoms with Crippen LogP contribution in [0.1, 0.15) is 0 Å². The molecule has 14 aromatic rings. The van der Waals surface area contributed by atoms with E-state index in [0.29, 0.717) is 5.95 Å². The number of nitrogens with zero attached hydrogens (tertiary/aromatic N) is 4. The van der Waals surface area contributed by atoms with Crippen molar-refractivity contribution < 1.29 is 4.42 Å². The van der Waals surface area contributed by atoms with Gasteiger partial charge in [0.2, 0.25) is 5.95 Å². The third-order valence-electron chi connectivity index (χ3n) is 13.1. The molecule has 0 saturated heterocycles. The quantitative estimate of drug-likeness (QED) is 0.167. The van der Waals surface area contributed by atoms with Crippen molar-refractivity contribution >= 4 is 98.0 Å². The Hall–Kier alpha value is -8.54. The van der Waals surface area contributed by atoms with Gasteiger partial charge in [-0.05, 0) is 81.9 Å². The number of furan rings is 1. The van der Waals surface area contributed by atoms with Gasteiger partial charge < -0.3 is 8.98 Å². The van der Waals surface area contributed by atoms with Gasteiger partial charge in [0.05, 0.1) is 33.3 Å². The molecule has 0 amide bonds. The molecule has 5 nitrogen and oxygen atoms in total. The van der Waals surface area contributed by atoms with Gasteiger partial charge in [-0.1, -0.05) is 152 Å². The minimum absolute atomic E-state index is 0.618. The standard InChI is InChI=1S/C58H34N4O/c1-2-15-35(16-3-1)36-17-14-18-38(33-36)61-48-27-12-9-25-46(48)53-49(61)31-32-50-55(53)54-43-22-6-4-19-39(43)40-20-5-7-23-44(40)57(54)62(50)58-59-47-26-11-8-24-45(47)56(60-58)37-29-30-42-41-21-10-13-28-51(41)63-52(42)34-37/h1-34H. The second-order valence-corrected chi connectivity index (χ2v) is 16.5. The molecule has 0 atom stereocenters. The molecule has 10 aromatic carbocycles. The third kappa shape index (κ3) is 4.87. The highest BCUT2D eigenvalue weighted by molar-refractivity contribution is 6.38. The summed E-state index contributed by atoms with van der Waals surface area (Å²) >= 11 is 0. The van der Waals surface area contributed by atoms with Crippen LogP contribution >= 0.6 is 0 Å². The second-order valence-electron chi connectivity index (χ2n) is 16.5. The predicted octanol–water partition coefficient (Wildman–Crippen LogP) is 15.4. The summed E-state index contributed by atoms with van der Waals surface area (Å²) < 4.78 is 11.2. The summed E-state index contributed by atoms with van der Waals surface area (Å²) in [7, 11) is 0. The van der Waals surface area contributed by atoms with E-state index < -0.39 is 0 Å². The van der Waals surface area contributed by atoms with Crippen LogP contribution in [-0.4, -0.2) is 19.1 Å². The molecule has 14 rings (SSSR count). The molecule has 292 valence electrons. The summed E-state index contributed by atoms with van der Waals surface area (Å²) in [6.45, 7) is 0. The van der Waals surface area contributed by atoms with Gasteiger partial charge in [0, 0.05) is 54.3 Å². The van der Waals surface area contributed by atoms with Crippen molar-refractivity contribution in [1.29, 1.82) is 0 Å². The molecule has 0 bridgehead atoms. The summed E-state index contributed by atoms with van der Waals surface area (Å²) in [6.07, 6.45) is 0. The number of para-hydroxylation sites is 3. The lowest BCUT2D eigenvalue weighted by atomic mass is 9.95. The lowest BCUT2D eigenvalue weighted by Crippen LogP contribution is -2.04. The van der Waals surface area contributed by atoms with Gasteiger partial charge in [-0.3, -0.25) is 4.57 Å². The molecular formula is C58H34N4O. The van der Waals surface area contributed by atoms with Crippen molar-refractivity contribution in [1.82, 2.24) is 19.1 Å². The number of hydrogen-bond donors (Lipinski definition) is 0. The van der Waals surface area contributed by atoms with Gasteiger partial charge >= 0.3 is 0 Å². The van der Waals surface area contributed by atoms with Crippen LogP contribution in [0.3, 0.4) is 0 Å². The third-order valence-corrected chi connectivity index (χ3v) is 13.1. The number of hydrogen-bond acceptors (Lipinski definition) is 3. The van der Waals surface area contributed by atoms with Gasteiger partial charge in [-0.2, -0.15) is 0 Å². The lowest BCUT2D eigenvalue weighted by Gasteiger charge is -2.13. The first-order valence-electron chi connectivity index (χ1n) is 21.4. The van der Waals surface area contributed by atoms with Crippen molar-refractivity contribution in [3.8, 4) is 34.0 Å². The van der Waals surface area contributed by atoms with E-state index in [0.717, 1.165) is 77.2 Å². The molecule has 0 radical (unpaired) electrons.